The molecule has 0 unspecified atom stereocenters. The number of hydrogen-bond acceptors (Lipinski definition) is 3. The van der Waals surface area contributed by atoms with Gasteiger partial charge in [-0.2, -0.15) is 0 Å². The Morgan fingerprint density at radius 2 is 2.00 bits per heavy atom. The van der Waals surface area contributed by atoms with E-state index in [1.54, 1.807) is 12.1 Å². The van der Waals surface area contributed by atoms with Crippen LogP contribution in [0.5, 0.6) is 5.75 Å². The van der Waals surface area contributed by atoms with Crippen LogP contribution in [0.2, 0.25) is 0 Å². The summed E-state index contributed by atoms with van der Waals surface area (Å²) >= 11 is 4.50. The Kier molecular flexibility index (Phi) is 4.36. The van der Waals surface area contributed by atoms with Crippen LogP contribution in [0, 0.1) is 0 Å². The van der Waals surface area contributed by atoms with Crippen molar-refractivity contribution in [1.29, 1.82) is 0 Å². The minimum Gasteiger partial charge on any atom is -0.484 e. The van der Waals surface area contributed by atoms with Crippen molar-refractivity contribution in [3.8, 4) is 5.75 Å². The molecule has 1 aromatic carbocycles. The average Bonchev–Trinajstić information content (AvgIpc) is 2.25. The van der Waals surface area contributed by atoms with Crippen molar-refractivity contribution >= 4 is 23.2 Å². The van der Waals surface area contributed by atoms with E-state index in [-0.39, 0.29) is 17.6 Å². The molecule has 15 heavy (non-hydrogen) atoms. The van der Waals surface area contributed by atoms with Crippen molar-refractivity contribution in [3.63, 3.8) is 0 Å². The third kappa shape index (κ3) is 4.82. The molecule has 0 radical (unpaired) electrons. The Morgan fingerprint density at radius 1 is 1.33 bits per heavy atom. The van der Waals surface area contributed by atoms with Crippen LogP contribution in [0.4, 0.5) is 0 Å². The largest absolute Gasteiger partial charge is 0.484 e. The Morgan fingerprint density at radius 3 is 2.60 bits per heavy atom. The van der Waals surface area contributed by atoms with E-state index in [0.717, 1.165) is 0 Å². The number of carbonyl (C=O) groups is 1. The lowest BCUT2D eigenvalue weighted by molar-refractivity contribution is -0.123. The predicted molar refractivity (Wildman–Crippen MR) is 60.0 cm³/mol. The van der Waals surface area contributed by atoms with Gasteiger partial charge in [-0.3, -0.25) is 15.6 Å². The average molecular weight is 225 g/mol. The molecule has 0 saturated carbocycles. The van der Waals surface area contributed by atoms with E-state index in [1.807, 2.05) is 18.2 Å². The first-order valence-corrected chi connectivity index (χ1v) is 4.61. The second-order valence-electron chi connectivity index (χ2n) is 2.64. The van der Waals surface area contributed by atoms with Gasteiger partial charge in [-0.1, -0.05) is 18.2 Å². The van der Waals surface area contributed by atoms with E-state index < -0.39 is 0 Å². The highest BCUT2D eigenvalue weighted by atomic mass is 32.1. The third-order valence-electron chi connectivity index (χ3n) is 1.44. The van der Waals surface area contributed by atoms with Gasteiger partial charge in [0.15, 0.2) is 11.7 Å². The first-order chi connectivity index (χ1) is 7.18. The van der Waals surface area contributed by atoms with Crippen LogP contribution in [-0.4, -0.2) is 17.6 Å². The Balaban J connectivity index is 2.26. The highest BCUT2D eigenvalue weighted by molar-refractivity contribution is 7.80. The number of amides is 1. The SMILES string of the molecule is NC(=S)NNC(=O)COc1ccccc1. The first kappa shape index (κ1) is 11.3. The van der Waals surface area contributed by atoms with Crippen molar-refractivity contribution in [2.24, 2.45) is 5.73 Å². The summed E-state index contributed by atoms with van der Waals surface area (Å²) < 4.78 is 5.16. The maximum Gasteiger partial charge on any atom is 0.276 e. The van der Waals surface area contributed by atoms with Gasteiger partial charge in [0.25, 0.3) is 5.91 Å². The topological polar surface area (TPSA) is 76.4 Å². The van der Waals surface area contributed by atoms with E-state index in [4.69, 9.17) is 10.5 Å². The zero-order valence-electron chi connectivity index (χ0n) is 7.90. The molecule has 0 aliphatic rings. The molecule has 1 aromatic rings. The Bertz CT molecular complexity index is 342. The lowest BCUT2D eigenvalue weighted by Gasteiger charge is -2.07. The smallest absolute Gasteiger partial charge is 0.276 e. The molecule has 1 amide bonds. The molecule has 80 valence electrons. The number of hydrogen-bond donors (Lipinski definition) is 3. The van der Waals surface area contributed by atoms with Crippen molar-refractivity contribution in [1.82, 2.24) is 10.9 Å². The van der Waals surface area contributed by atoms with E-state index in [2.05, 4.69) is 23.1 Å². The number of rotatable bonds is 3. The third-order valence-corrected chi connectivity index (χ3v) is 1.54. The van der Waals surface area contributed by atoms with Crippen molar-refractivity contribution in [3.05, 3.63) is 30.3 Å². The van der Waals surface area contributed by atoms with Gasteiger partial charge in [-0.15, -0.1) is 0 Å². The lowest BCUT2D eigenvalue weighted by Crippen LogP contribution is -2.46. The molecule has 0 saturated heterocycles. The molecule has 4 N–H and O–H groups in total. The van der Waals surface area contributed by atoms with Gasteiger partial charge in [0.05, 0.1) is 0 Å². The molecule has 0 heterocycles. The van der Waals surface area contributed by atoms with Crippen LogP contribution in [0.25, 0.3) is 0 Å². The van der Waals surface area contributed by atoms with E-state index in [9.17, 15) is 4.79 Å². The maximum absolute atomic E-state index is 11.1. The number of carbonyl (C=O) groups excluding carboxylic acids is 1. The molecule has 0 atom stereocenters. The summed E-state index contributed by atoms with van der Waals surface area (Å²) in [5.41, 5.74) is 9.70. The predicted octanol–water partition coefficient (Wildman–Crippen LogP) is -0.0702. The summed E-state index contributed by atoms with van der Waals surface area (Å²) in [6, 6.07) is 9.02. The number of benzene rings is 1. The number of nitrogens with two attached hydrogens (primary N) is 1. The molecule has 0 aliphatic heterocycles. The molecule has 0 fully saturated rings. The molecule has 1 rings (SSSR count). The molecular weight excluding hydrogens is 214 g/mol. The number of hydrazine groups is 1. The maximum atomic E-state index is 11.1. The normalized spacial score (nSPS) is 9.07. The van der Waals surface area contributed by atoms with Gasteiger partial charge in [-0.25, -0.2) is 0 Å². The number of thiocarbonyl (C=S) groups is 1. The summed E-state index contributed by atoms with van der Waals surface area (Å²) in [5.74, 6) is 0.273. The van der Waals surface area contributed by atoms with E-state index in [0.29, 0.717) is 5.75 Å². The zero-order valence-corrected chi connectivity index (χ0v) is 8.71. The zero-order chi connectivity index (χ0) is 11.1. The molecule has 0 bridgehead atoms. The Hall–Kier alpha value is -1.82. The van der Waals surface area contributed by atoms with Gasteiger partial charge < -0.3 is 10.5 Å². The van der Waals surface area contributed by atoms with Crippen LogP contribution < -0.4 is 21.3 Å². The van der Waals surface area contributed by atoms with Crippen LogP contribution in [0.15, 0.2) is 30.3 Å². The van der Waals surface area contributed by atoms with Crippen LogP contribution in [0.1, 0.15) is 0 Å². The first-order valence-electron chi connectivity index (χ1n) is 4.20. The van der Waals surface area contributed by atoms with E-state index in [1.165, 1.54) is 0 Å². The molecule has 0 aromatic heterocycles. The molecule has 5 nitrogen and oxygen atoms in total. The van der Waals surface area contributed by atoms with E-state index >= 15 is 0 Å². The van der Waals surface area contributed by atoms with Crippen molar-refractivity contribution < 1.29 is 9.53 Å². The number of para-hydroxylation sites is 1. The fourth-order valence-corrected chi connectivity index (χ4v) is 0.884. The fraction of sp³-hybridized carbons (Fsp3) is 0.111. The second-order valence-corrected chi connectivity index (χ2v) is 3.08. The minimum atomic E-state index is -0.355. The summed E-state index contributed by atoms with van der Waals surface area (Å²) in [5, 5.41) is 0.00283. The highest BCUT2D eigenvalue weighted by Gasteiger charge is 2.01. The van der Waals surface area contributed by atoms with Crippen molar-refractivity contribution in [2.45, 2.75) is 0 Å². The highest BCUT2D eigenvalue weighted by Crippen LogP contribution is 2.07. The van der Waals surface area contributed by atoms with Gasteiger partial charge >= 0.3 is 0 Å². The summed E-state index contributed by atoms with van der Waals surface area (Å²) in [6.45, 7) is -0.0976. The fourth-order valence-electron chi connectivity index (χ4n) is 0.833. The quantitative estimate of drug-likeness (QED) is 0.496. The number of ether oxygens (including phenoxy) is 1. The summed E-state index contributed by atoms with van der Waals surface area (Å²) in [6.07, 6.45) is 0. The minimum absolute atomic E-state index is 0.00283. The molecule has 0 spiro atoms. The molecule has 6 heteroatoms. The molecule has 0 aliphatic carbocycles. The van der Waals surface area contributed by atoms with Gasteiger partial charge in [-0.05, 0) is 24.4 Å². The van der Waals surface area contributed by atoms with Gasteiger partial charge in [0.2, 0.25) is 0 Å². The van der Waals surface area contributed by atoms with Crippen LogP contribution >= 0.6 is 12.2 Å². The lowest BCUT2D eigenvalue weighted by atomic mass is 10.3. The van der Waals surface area contributed by atoms with Crippen LogP contribution in [0.3, 0.4) is 0 Å². The van der Waals surface area contributed by atoms with Crippen LogP contribution in [-0.2, 0) is 4.79 Å². The Labute approximate surface area is 92.6 Å². The summed E-state index contributed by atoms with van der Waals surface area (Å²) in [4.78, 5) is 11.1. The standard InChI is InChI=1S/C9H11N3O2S/c10-9(15)12-11-8(13)6-14-7-4-2-1-3-5-7/h1-5H,6H2,(H,11,13)(H3,10,12,15). The number of nitrogens with one attached hydrogen (secondary N) is 2. The summed E-state index contributed by atoms with van der Waals surface area (Å²) in [7, 11) is 0. The van der Waals surface area contributed by atoms with Gasteiger partial charge in [0, 0.05) is 0 Å². The molecular formula is C9H11N3O2S. The monoisotopic (exact) mass is 225 g/mol. The second kappa shape index (κ2) is 5.82. The van der Waals surface area contributed by atoms with Crippen molar-refractivity contribution in [2.75, 3.05) is 6.61 Å². The van der Waals surface area contributed by atoms with Gasteiger partial charge in [0.1, 0.15) is 5.75 Å².